The number of methoxy groups -OCH3 is 1. The zero-order valence-corrected chi connectivity index (χ0v) is 14.2. The Kier molecular flexibility index (Phi) is 5.83. The minimum absolute atomic E-state index is 0.0505. The van der Waals surface area contributed by atoms with Gasteiger partial charge in [-0.25, -0.2) is 0 Å². The van der Waals surface area contributed by atoms with Gasteiger partial charge in [0.05, 0.1) is 11.6 Å². The lowest BCUT2D eigenvalue weighted by molar-refractivity contribution is -0.0538. The molecule has 0 amide bonds. The van der Waals surface area contributed by atoms with Crippen molar-refractivity contribution < 1.29 is 4.74 Å². The minimum Gasteiger partial charge on any atom is -0.376 e. The Morgan fingerprint density at radius 1 is 1.14 bits per heavy atom. The van der Waals surface area contributed by atoms with E-state index in [4.69, 9.17) is 4.74 Å². The highest BCUT2D eigenvalue weighted by Gasteiger charge is 2.40. The molecule has 1 saturated carbocycles. The highest BCUT2D eigenvalue weighted by atomic mass is 16.5. The summed E-state index contributed by atoms with van der Waals surface area (Å²) in [6, 6.07) is 6.96. The molecule has 1 aliphatic rings. The fraction of sp³-hybridized carbons (Fsp3) is 0.684. The molecule has 0 radical (unpaired) electrons. The molecule has 2 nitrogen and oxygen atoms in total. The Bertz CT molecular complexity index is 447. The molecule has 1 unspecified atom stereocenters. The van der Waals surface area contributed by atoms with Crippen LogP contribution in [0, 0.1) is 13.8 Å². The summed E-state index contributed by atoms with van der Waals surface area (Å²) < 4.78 is 6.16. The van der Waals surface area contributed by atoms with Gasteiger partial charge in [0.1, 0.15) is 0 Å². The van der Waals surface area contributed by atoms with Gasteiger partial charge in [-0.05, 0) is 49.9 Å². The molecule has 1 atom stereocenters. The van der Waals surface area contributed by atoms with Crippen LogP contribution in [0.1, 0.15) is 68.2 Å². The minimum atomic E-state index is -0.0505. The van der Waals surface area contributed by atoms with Gasteiger partial charge in [0.15, 0.2) is 0 Å². The van der Waals surface area contributed by atoms with E-state index in [2.05, 4.69) is 44.3 Å². The van der Waals surface area contributed by atoms with Gasteiger partial charge in [0, 0.05) is 7.11 Å². The standard InChI is InChI=1S/C19H31NO/c1-5-20-18(17-12-10-11-15(2)16(17)3)19(21-4)13-8-6-7-9-14-19/h10-12,18,20H,5-9,13-14H2,1-4H3. The van der Waals surface area contributed by atoms with Crippen LogP contribution < -0.4 is 5.32 Å². The first-order chi connectivity index (χ1) is 10.1. The molecule has 1 aromatic carbocycles. The Morgan fingerprint density at radius 2 is 1.81 bits per heavy atom. The van der Waals surface area contributed by atoms with Gasteiger partial charge in [-0.3, -0.25) is 0 Å². The molecule has 0 spiro atoms. The predicted octanol–water partition coefficient (Wildman–Crippen LogP) is 4.69. The van der Waals surface area contributed by atoms with Crippen molar-refractivity contribution >= 4 is 0 Å². The number of benzene rings is 1. The monoisotopic (exact) mass is 289 g/mol. The Balaban J connectivity index is 2.42. The van der Waals surface area contributed by atoms with Crippen LogP contribution in [0.2, 0.25) is 0 Å². The number of likely N-dealkylation sites (N-methyl/N-ethyl adjacent to an activating group) is 1. The maximum Gasteiger partial charge on any atom is 0.0872 e. The third-order valence-electron chi connectivity index (χ3n) is 5.25. The second kappa shape index (κ2) is 7.42. The number of hydrogen-bond donors (Lipinski definition) is 1. The molecule has 2 heteroatoms. The van der Waals surface area contributed by atoms with E-state index in [0.717, 1.165) is 19.4 Å². The second-order valence-electron chi connectivity index (χ2n) is 6.46. The lowest BCUT2D eigenvalue weighted by atomic mass is 9.80. The van der Waals surface area contributed by atoms with Crippen molar-refractivity contribution in [1.82, 2.24) is 5.32 Å². The van der Waals surface area contributed by atoms with Crippen LogP contribution in [0.15, 0.2) is 18.2 Å². The SMILES string of the molecule is CCNC(c1cccc(C)c1C)C1(OC)CCCCCC1. The molecule has 0 aromatic heterocycles. The molecule has 21 heavy (non-hydrogen) atoms. The normalized spacial score (nSPS) is 20.0. The van der Waals surface area contributed by atoms with Crippen molar-refractivity contribution in [3.05, 3.63) is 34.9 Å². The molecule has 1 aliphatic carbocycles. The van der Waals surface area contributed by atoms with E-state index in [0.29, 0.717) is 6.04 Å². The van der Waals surface area contributed by atoms with Crippen molar-refractivity contribution in [2.75, 3.05) is 13.7 Å². The van der Waals surface area contributed by atoms with E-state index in [9.17, 15) is 0 Å². The molecule has 1 N–H and O–H groups in total. The molecule has 1 fully saturated rings. The number of nitrogens with one attached hydrogen (secondary N) is 1. The first kappa shape index (κ1) is 16.5. The van der Waals surface area contributed by atoms with Gasteiger partial charge in [-0.1, -0.05) is 50.8 Å². The van der Waals surface area contributed by atoms with Crippen molar-refractivity contribution in [2.24, 2.45) is 0 Å². The largest absolute Gasteiger partial charge is 0.376 e. The number of rotatable bonds is 5. The van der Waals surface area contributed by atoms with E-state index in [1.165, 1.54) is 42.4 Å². The molecule has 0 saturated heterocycles. The summed E-state index contributed by atoms with van der Waals surface area (Å²) in [7, 11) is 1.90. The van der Waals surface area contributed by atoms with Crippen LogP contribution in [0.5, 0.6) is 0 Å². The predicted molar refractivity (Wildman–Crippen MR) is 89.8 cm³/mol. The van der Waals surface area contributed by atoms with Crippen molar-refractivity contribution in [1.29, 1.82) is 0 Å². The Morgan fingerprint density at radius 3 is 2.38 bits per heavy atom. The molecule has 2 rings (SSSR count). The van der Waals surface area contributed by atoms with Crippen LogP contribution in [-0.2, 0) is 4.74 Å². The molecule has 0 aliphatic heterocycles. The second-order valence-corrected chi connectivity index (χ2v) is 6.46. The first-order valence-electron chi connectivity index (χ1n) is 8.49. The van der Waals surface area contributed by atoms with E-state index in [1.54, 1.807) is 0 Å². The van der Waals surface area contributed by atoms with Gasteiger partial charge in [-0.15, -0.1) is 0 Å². The van der Waals surface area contributed by atoms with E-state index >= 15 is 0 Å². The summed E-state index contributed by atoms with van der Waals surface area (Å²) in [6.07, 6.45) is 7.57. The van der Waals surface area contributed by atoms with E-state index < -0.39 is 0 Å². The molecular formula is C19H31NO. The zero-order chi connectivity index (χ0) is 15.3. The summed E-state index contributed by atoms with van der Waals surface area (Å²) in [6.45, 7) is 7.62. The van der Waals surface area contributed by atoms with Crippen molar-refractivity contribution in [2.45, 2.75) is 70.9 Å². The van der Waals surface area contributed by atoms with Gasteiger partial charge < -0.3 is 10.1 Å². The third kappa shape index (κ3) is 3.49. The van der Waals surface area contributed by atoms with Crippen LogP contribution in [0.3, 0.4) is 0 Å². The van der Waals surface area contributed by atoms with E-state index in [1.807, 2.05) is 7.11 Å². The first-order valence-corrected chi connectivity index (χ1v) is 8.49. The average Bonchev–Trinajstić information content (AvgIpc) is 2.74. The topological polar surface area (TPSA) is 21.3 Å². The molecule has 1 aromatic rings. The summed E-state index contributed by atoms with van der Waals surface area (Å²) in [5.41, 5.74) is 4.14. The number of ether oxygens (including phenoxy) is 1. The molecule has 0 heterocycles. The quantitative estimate of drug-likeness (QED) is 0.794. The van der Waals surface area contributed by atoms with Gasteiger partial charge in [0.25, 0.3) is 0 Å². The smallest absolute Gasteiger partial charge is 0.0872 e. The van der Waals surface area contributed by atoms with Crippen LogP contribution in [0.4, 0.5) is 0 Å². The summed E-state index contributed by atoms with van der Waals surface area (Å²) in [4.78, 5) is 0. The van der Waals surface area contributed by atoms with E-state index in [-0.39, 0.29) is 5.60 Å². The number of aryl methyl sites for hydroxylation is 1. The average molecular weight is 289 g/mol. The fourth-order valence-electron chi connectivity index (χ4n) is 3.81. The van der Waals surface area contributed by atoms with Crippen molar-refractivity contribution in [3.8, 4) is 0 Å². The molecule has 0 bridgehead atoms. The van der Waals surface area contributed by atoms with Gasteiger partial charge in [-0.2, -0.15) is 0 Å². The van der Waals surface area contributed by atoms with Crippen LogP contribution >= 0.6 is 0 Å². The summed E-state index contributed by atoms with van der Waals surface area (Å²) >= 11 is 0. The summed E-state index contributed by atoms with van der Waals surface area (Å²) in [5, 5.41) is 3.73. The highest BCUT2D eigenvalue weighted by molar-refractivity contribution is 5.37. The van der Waals surface area contributed by atoms with Crippen LogP contribution in [-0.4, -0.2) is 19.3 Å². The highest BCUT2D eigenvalue weighted by Crippen LogP contribution is 2.41. The Labute approximate surface area is 130 Å². The molecule has 118 valence electrons. The maximum atomic E-state index is 6.16. The van der Waals surface area contributed by atoms with Gasteiger partial charge >= 0.3 is 0 Å². The lowest BCUT2D eigenvalue weighted by Gasteiger charge is -2.41. The van der Waals surface area contributed by atoms with Crippen LogP contribution in [0.25, 0.3) is 0 Å². The Hall–Kier alpha value is -0.860. The van der Waals surface area contributed by atoms with Gasteiger partial charge in [0.2, 0.25) is 0 Å². The molecular weight excluding hydrogens is 258 g/mol. The van der Waals surface area contributed by atoms with Crippen molar-refractivity contribution in [3.63, 3.8) is 0 Å². The maximum absolute atomic E-state index is 6.16. The number of hydrogen-bond acceptors (Lipinski definition) is 2. The summed E-state index contributed by atoms with van der Waals surface area (Å²) in [5.74, 6) is 0. The third-order valence-corrected chi connectivity index (χ3v) is 5.25. The zero-order valence-electron chi connectivity index (χ0n) is 14.2. The lowest BCUT2D eigenvalue weighted by Crippen LogP contribution is -2.45. The fourth-order valence-corrected chi connectivity index (χ4v) is 3.81.